The molecule has 1 aromatic carbocycles. The summed E-state index contributed by atoms with van der Waals surface area (Å²) in [5, 5.41) is 2.45. The number of carbonyl (C=O) groups is 1. The predicted molar refractivity (Wildman–Crippen MR) is 62.5 cm³/mol. The van der Waals surface area contributed by atoms with Gasteiger partial charge in [-0.1, -0.05) is 19.8 Å². The van der Waals surface area contributed by atoms with Crippen LogP contribution in [0.4, 0.5) is 14.5 Å². The zero-order valence-corrected chi connectivity index (χ0v) is 9.67. The second-order valence-electron chi connectivity index (χ2n) is 3.87. The summed E-state index contributed by atoms with van der Waals surface area (Å²) >= 11 is 0. The lowest BCUT2D eigenvalue weighted by atomic mass is 10.1. The molecular weight excluding hydrogens is 226 g/mol. The standard InChI is InChI=1S/C12H16F2N2O/c1-2-3-4-11(15)12(17)16-8-5-6-9(13)10(14)7-8/h5-7,11H,2-4,15H2,1H3,(H,16,17)/t11-/m0/s1. The Kier molecular flexibility index (Phi) is 5.03. The molecule has 0 unspecified atom stereocenters. The van der Waals surface area contributed by atoms with E-state index in [4.69, 9.17) is 5.73 Å². The average Bonchev–Trinajstić information content (AvgIpc) is 2.30. The highest BCUT2D eigenvalue weighted by molar-refractivity contribution is 5.94. The quantitative estimate of drug-likeness (QED) is 0.833. The molecule has 1 atom stereocenters. The topological polar surface area (TPSA) is 55.1 Å². The molecule has 3 nitrogen and oxygen atoms in total. The first-order valence-electron chi connectivity index (χ1n) is 5.56. The van der Waals surface area contributed by atoms with Crippen molar-refractivity contribution >= 4 is 11.6 Å². The Morgan fingerprint density at radius 3 is 2.71 bits per heavy atom. The number of nitrogens with one attached hydrogen (secondary N) is 1. The molecule has 1 rings (SSSR count). The maximum Gasteiger partial charge on any atom is 0.241 e. The van der Waals surface area contributed by atoms with Gasteiger partial charge < -0.3 is 11.1 Å². The fourth-order valence-corrected chi connectivity index (χ4v) is 1.36. The summed E-state index contributed by atoms with van der Waals surface area (Å²) in [6.07, 6.45) is 2.38. The Hall–Kier alpha value is -1.49. The maximum absolute atomic E-state index is 12.9. The van der Waals surface area contributed by atoms with Crippen LogP contribution in [0.3, 0.4) is 0 Å². The molecule has 94 valence electrons. The van der Waals surface area contributed by atoms with Gasteiger partial charge in [0.1, 0.15) is 0 Å². The van der Waals surface area contributed by atoms with Gasteiger partial charge in [0.15, 0.2) is 11.6 Å². The van der Waals surface area contributed by atoms with Crippen molar-refractivity contribution in [1.82, 2.24) is 0 Å². The van der Waals surface area contributed by atoms with Crippen LogP contribution in [-0.2, 0) is 4.79 Å². The number of halogens is 2. The third-order valence-corrected chi connectivity index (χ3v) is 2.39. The lowest BCUT2D eigenvalue weighted by molar-refractivity contribution is -0.117. The minimum atomic E-state index is -0.995. The fourth-order valence-electron chi connectivity index (χ4n) is 1.36. The first-order valence-corrected chi connectivity index (χ1v) is 5.56. The van der Waals surface area contributed by atoms with Crippen LogP contribution in [-0.4, -0.2) is 11.9 Å². The molecule has 0 aliphatic rings. The van der Waals surface area contributed by atoms with Gasteiger partial charge in [0, 0.05) is 11.8 Å². The Bertz CT molecular complexity index is 396. The van der Waals surface area contributed by atoms with E-state index in [1.165, 1.54) is 6.07 Å². The third kappa shape index (κ3) is 4.11. The minimum absolute atomic E-state index is 0.209. The van der Waals surface area contributed by atoms with E-state index in [0.717, 1.165) is 25.0 Å². The maximum atomic E-state index is 12.9. The normalized spacial score (nSPS) is 12.2. The van der Waals surface area contributed by atoms with Crippen molar-refractivity contribution in [2.24, 2.45) is 5.73 Å². The molecule has 0 aliphatic heterocycles. The average molecular weight is 242 g/mol. The zero-order chi connectivity index (χ0) is 12.8. The Labute approximate surface area is 99.0 Å². The molecule has 0 saturated carbocycles. The number of benzene rings is 1. The zero-order valence-electron chi connectivity index (χ0n) is 9.67. The Morgan fingerprint density at radius 1 is 1.41 bits per heavy atom. The molecule has 0 aromatic heterocycles. The van der Waals surface area contributed by atoms with Gasteiger partial charge in [-0.05, 0) is 18.6 Å². The summed E-state index contributed by atoms with van der Waals surface area (Å²) in [6, 6.07) is 2.56. The smallest absolute Gasteiger partial charge is 0.241 e. The van der Waals surface area contributed by atoms with Gasteiger partial charge in [-0.2, -0.15) is 0 Å². The summed E-state index contributed by atoms with van der Waals surface area (Å²) in [7, 11) is 0. The van der Waals surface area contributed by atoms with Crippen LogP contribution >= 0.6 is 0 Å². The van der Waals surface area contributed by atoms with Crippen LogP contribution in [0, 0.1) is 11.6 Å². The van der Waals surface area contributed by atoms with E-state index in [9.17, 15) is 13.6 Å². The molecular formula is C12H16F2N2O. The van der Waals surface area contributed by atoms with Crippen molar-refractivity contribution in [2.75, 3.05) is 5.32 Å². The van der Waals surface area contributed by atoms with Crippen LogP contribution in [0.25, 0.3) is 0 Å². The Balaban J connectivity index is 2.58. The predicted octanol–water partition coefficient (Wildman–Crippen LogP) is 2.42. The molecule has 0 saturated heterocycles. The molecule has 0 heterocycles. The lowest BCUT2D eigenvalue weighted by Gasteiger charge is -2.11. The molecule has 1 amide bonds. The van der Waals surface area contributed by atoms with Crippen molar-refractivity contribution in [3.63, 3.8) is 0 Å². The van der Waals surface area contributed by atoms with E-state index >= 15 is 0 Å². The number of hydrogen-bond donors (Lipinski definition) is 2. The van der Waals surface area contributed by atoms with Gasteiger partial charge in [0.05, 0.1) is 6.04 Å². The van der Waals surface area contributed by atoms with Gasteiger partial charge in [-0.3, -0.25) is 4.79 Å². The molecule has 0 aliphatic carbocycles. The van der Waals surface area contributed by atoms with Crippen molar-refractivity contribution in [3.05, 3.63) is 29.8 Å². The van der Waals surface area contributed by atoms with Gasteiger partial charge in [0.25, 0.3) is 0 Å². The molecule has 0 spiro atoms. The highest BCUT2D eigenvalue weighted by Crippen LogP contribution is 2.13. The van der Waals surface area contributed by atoms with Crippen molar-refractivity contribution in [1.29, 1.82) is 0 Å². The Morgan fingerprint density at radius 2 is 2.12 bits per heavy atom. The third-order valence-electron chi connectivity index (χ3n) is 2.39. The second-order valence-corrected chi connectivity index (χ2v) is 3.87. The van der Waals surface area contributed by atoms with Crippen molar-refractivity contribution in [3.8, 4) is 0 Å². The van der Waals surface area contributed by atoms with Crippen LogP contribution < -0.4 is 11.1 Å². The number of nitrogens with two attached hydrogens (primary N) is 1. The van der Waals surface area contributed by atoms with Crippen LogP contribution in [0.2, 0.25) is 0 Å². The highest BCUT2D eigenvalue weighted by atomic mass is 19.2. The van der Waals surface area contributed by atoms with Crippen LogP contribution in [0.15, 0.2) is 18.2 Å². The molecule has 5 heteroatoms. The van der Waals surface area contributed by atoms with Gasteiger partial charge in [-0.15, -0.1) is 0 Å². The van der Waals surface area contributed by atoms with Crippen molar-refractivity contribution < 1.29 is 13.6 Å². The summed E-state index contributed by atoms with van der Waals surface area (Å²) < 4.78 is 25.5. The first kappa shape index (κ1) is 13.6. The van der Waals surface area contributed by atoms with Gasteiger partial charge >= 0.3 is 0 Å². The van der Waals surface area contributed by atoms with E-state index in [1.54, 1.807) is 0 Å². The molecule has 0 radical (unpaired) electrons. The van der Waals surface area contributed by atoms with E-state index in [0.29, 0.717) is 6.42 Å². The number of amides is 1. The summed E-state index contributed by atoms with van der Waals surface area (Å²) in [5.74, 6) is -2.33. The first-order chi connectivity index (χ1) is 8.04. The number of anilines is 1. The van der Waals surface area contributed by atoms with Crippen molar-refractivity contribution in [2.45, 2.75) is 32.2 Å². The van der Waals surface area contributed by atoms with E-state index in [2.05, 4.69) is 5.32 Å². The lowest BCUT2D eigenvalue weighted by Crippen LogP contribution is -2.35. The van der Waals surface area contributed by atoms with Crippen LogP contribution in [0.1, 0.15) is 26.2 Å². The van der Waals surface area contributed by atoms with E-state index in [-0.39, 0.29) is 11.6 Å². The largest absolute Gasteiger partial charge is 0.325 e. The molecule has 3 N–H and O–H groups in total. The molecule has 0 fully saturated rings. The van der Waals surface area contributed by atoms with Gasteiger partial charge in [-0.25, -0.2) is 8.78 Å². The monoisotopic (exact) mass is 242 g/mol. The number of rotatable bonds is 5. The number of carbonyl (C=O) groups excluding carboxylic acids is 1. The summed E-state index contributed by atoms with van der Waals surface area (Å²) in [4.78, 5) is 11.6. The van der Waals surface area contributed by atoms with E-state index < -0.39 is 17.7 Å². The molecule has 17 heavy (non-hydrogen) atoms. The number of unbranched alkanes of at least 4 members (excludes halogenated alkanes) is 1. The van der Waals surface area contributed by atoms with Crippen LogP contribution in [0.5, 0.6) is 0 Å². The molecule has 0 bridgehead atoms. The van der Waals surface area contributed by atoms with E-state index in [1.807, 2.05) is 6.92 Å². The summed E-state index contributed by atoms with van der Waals surface area (Å²) in [5.41, 5.74) is 5.85. The minimum Gasteiger partial charge on any atom is -0.325 e. The summed E-state index contributed by atoms with van der Waals surface area (Å²) in [6.45, 7) is 2.00. The highest BCUT2D eigenvalue weighted by Gasteiger charge is 2.13. The fraction of sp³-hybridized carbons (Fsp3) is 0.417. The number of hydrogen-bond acceptors (Lipinski definition) is 2. The van der Waals surface area contributed by atoms with Gasteiger partial charge in [0.2, 0.25) is 5.91 Å². The SMILES string of the molecule is CCCC[C@H](N)C(=O)Nc1ccc(F)c(F)c1. The second kappa shape index (κ2) is 6.30. The molecule has 1 aromatic rings.